The average Bonchev–Trinajstić information content (AvgIpc) is 3.36. The molecular weight excluding hydrogens is 513 g/mol. The van der Waals surface area contributed by atoms with Crippen molar-refractivity contribution in [2.45, 2.75) is 56.3 Å². The van der Waals surface area contributed by atoms with Crippen molar-refractivity contribution in [3.05, 3.63) is 95.1 Å². The third-order valence-electron chi connectivity index (χ3n) is 7.17. The molecule has 1 aliphatic heterocycles. The zero-order valence-corrected chi connectivity index (χ0v) is 22.1. The summed E-state index contributed by atoms with van der Waals surface area (Å²) in [6.45, 7) is 4.66. The topological polar surface area (TPSA) is 66.5 Å². The lowest BCUT2D eigenvalue weighted by Crippen LogP contribution is -2.28. The summed E-state index contributed by atoms with van der Waals surface area (Å²) >= 11 is 0. The molecule has 38 heavy (non-hydrogen) atoms. The van der Waals surface area contributed by atoms with E-state index in [1.165, 1.54) is 0 Å². The minimum Gasteiger partial charge on any atom is -0.368 e. The van der Waals surface area contributed by atoms with Crippen molar-refractivity contribution >= 4 is 21.4 Å². The lowest BCUT2D eigenvalue weighted by Gasteiger charge is -2.26. The summed E-state index contributed by atoms with van der Waals surface area (Å²) in [4.78, 5) is 15.2. The maximum atomic E-state index is 12.9. The van der Waals surface area contributed by atoms with E-state index in [0.29, 0.717) is 12.1 Å². The van der Waals surface area contributed by atoms with Crippen LogP contribution >= 0.6 is 0 Å². The number of carbonyl (C=O) groups excluding carboxylic acids is 1. The van der Waals surface area contributed by atoms with Gasteiger partial charge in [0.15, 0.2) is 9.84 Å². The lowest BCUT2D eigenvalue weighted by molar-refractivity contribution is -0.137. The first-order valence-electron chi connectivity index (χ1n) is 12.7. The molecule has 1 saturated heterocycles. The highest BCUT2D eigenvalue weighted by atomic mass is 32.2. The van der Waals surface area contributed by atoms with Gasteiger partial charge in [-0.05, 0) is 72.5 Å². The second-order valence-corrected chi connectivity index (χ2v) is 11.8. The van der Waals surface area contributed by atoms with E-state index < -0.39 is 21.6 Å². The number of sulfone groups is 1. The molecular formula is C29H31F3N2O3S. The Kier molecular flexibility index (Phi) is 8.16. The van der Waals surface area contributed by atoms with Crippen molar-refractivity contribution in [1.82, 2.24) is 5.32 Å². The second-order valence-electron chi connectivity index (χ2n) is 9.54. The summed E-state index contributed by atoms with van der Waals surface area (Å²) in [5.41, 5.74) is 2.52. The Balaban J connectivity index is 1.38. The first-order chi connectivity index (χ1) is 18.0. The van der Waals surface area contributed by atoms with Gasteiger partial charge in [-0.3, -0.25) is 4.79 Å². The number of nitrogens with zero attached hydrogens (tertiary/aromatic N) is 1. The molecule has 0 saturated carbocycles. The number of rotatable bonds is 8. The largest absolute Gasteiger partial charge is 0.416 e. The van der Waals surface area contributed by atoms with Crippen molar-refractivity contribution in [2.75, 3.05) is 17.2 Å². The fourth-order valence-electron chi connectivity index (χ4n) is 4.88. The van der Waals surface area contributed by atoms with Gasteiger partial charge in [-0.25, -0.2) is 8.42 Å². The molecule has 0 radical (unpaired) electrons. The summed E-state index contributed by atoms with van der Waals surface area (Å²) in [5.74, 6) is -0.0765. The van der Waals surface area contributed by atoms with Gasteiger partial charge >= 0.3 is 6.18 Å². The lowest BCUT2D eigenvalue weighted by atomic mass is 9.95. The monoisotopic (exact) mass is 544 g/mol. The van der Waals surface area contributed by atoms with Crippen LogP contribution in [0, 0.1) is 0 Å². The van der Waals surface area contributed by atoms with Crippen LogP contribution in [0.5, 0.6) is 0 Å². The number of anilines is 1. The van der Waals surface area contributed by atoms with Crippen LogP contribution in [0.15, 0.2) is 77.7 Å². The highest BCUT2D eigenvalue weighted by Gasteiger charge is 2.34. The molecule has 0 bridgehead atoms. The molecule has 1 N–H and O–H groups in total. The zero-order valence-electron chi connectivity index (χ0n) is 21.3. The van der Waals surface area contributed by atoms with Crippen LogP contribution in [0.1, 0.15) is 59.7 Å². The Morgan fingerprint density at radius 2 is 1.58 bits per heavy atom. The fraction of sp³-hybridized carbons (Fsp3) is 0.345. The van der Waals surface area contributed by atoms with Crippen LogP contribution in [-0.2, 0) is 22.6 Å². The number of hydrogen-bond donors (Lipinski definition) is 1. The van der Waals surface area contributed by atoms with Crippen LogP contribution in [-0.4, -0.2) is 32.7 Å². The quantitative estimate of drug-likeness (QED) is 0.367. The van der Waals surface area contributed by atoms with E-state index >= 15 is 0 Å². The van der Waals surface area contributed by atoms with Gasteiger partial charge in [-0.2, -0.15) is 13.2 Å². The van der Waals surface area contributed by atoms with E-state index in [1.807, 2.05) is 12.1 Å². The first-order valence-corrected chi connectivity index (χ1v) is 14.3. The van der Waals surface area contributed by atoms with Crippen molar-refractivity contribution in [3.8, 4) is 0 Å². The Morgan fingerprint density at radius 3 is 2.13 bits per heavy atom. The highest BCUT2D eigenvalue weighted by Crippen LogP contribution is 2.38. The zero-order chi connectivity index (χ0) is 27.5. The molecule has 1 amide bonds. The fourth-order valence-corrected chi connectivity index (χ4v) is 5.76. The van der Waals surface area contributed by atoms with Crippen molar-refractivity contribution < 1.29 is 26.4 Å². The van der Waals surface area contributed by atoms with Crippen LogP contribution in [0.3, 0.4) is 0 Å². The van der Waals surface area contributed by atoms with E-state index in [9.17, 15) is 26.4 Å². The number of hydrogen-bond acceptors (Lipinski definition) is 4. The highest BCUT2D eigenvalue weighted by molar-refractivity contribution is 7.91. The number of alkyl halides is 3. The Morgan fingerprint density at radius 1 is 0.947 bits per heavy atom. The van der Waals surface area contributed by atoms with Crippen LogP contribution < -0.4 is 10.2 Å². The molecule has 3 aromatic rings. The molecule has 1 unspecified atom stereocenters. The van der Waals surface area contributed by atoms with E-state index in [2.05, 4.69) is 17.1 Å². The minimum atomic E-state index is -4.34. The number of halogens is 3. The molecule has 1 fully saturated rings. The Labute approximate surface area is 221 Å². The molecule has 1 heterocycles. The van der Waals surface area contributed by atoms with Crippen molar-refractivity contribution in [2.24, 2.45) is 0 Å². The van der Waals surface area contributed by atoms with E-state index in [4.69, 9.17) is 0 Å². The van der Waals surface area contributed by atoms with E-state index in [-0.39, 0.29) is 35.1 Å². The predicted molar refractivity (Wildman–Crippen MR) is 142 cm³/mol. The molecule has 0 aromatic heterocycles. The van der Waals surface area contributed by atoms with Gasteiger partial charge in [0.05, 0.1) is 16.2 Å². The number of benzene rings is 3. The van der Waals surface area contributed by atoms with Crippen LogP contribution in [0.2, 0.25) is 0 Å². The minimum absolute atomic E-state index is 0.0330. The van der Waals surface area contributed by atoms with Crippen LogP contribution in [0.4, 0.5) is 18.9 Å². The molecule has 0 spiro atoms. The summed E-state index contributed by atoms with van der Waals surface area (Å²) in [5, 5.41) is 2.86. The third-order valence-corrected chi connectivity index (χ3v) is 8.92. The predicted octanol–water partition coefficient (Wildman–Crippen LogP) is 6.20. The average molecular weight is 545 g/mol. The van der Waals surface area contributed by atoms with Crippen molar-refractivity contribution in [3.63, 3.8) is 0 Å². The second kappa shape index (κ2) is 11.2. The molecule has 1 aliphatic rings. The first kappa shape index (κ1) is 27.7. The van der Waals surface area contributed by atoms with Gasteiger partial charge in [0.2, 0.25) is 0 Å². The molecule has 2 atom stereocenters. The van der Waals surface area contributed by atoms with Gasteiger partial charge in [-0.1, -0.05) is 38.1 Å². The summed E-state index contributed by atoms with van der Waals surface area (Å²) < 4.78 is 62.7. The summed E-state index contributed by atoms with van der Waals surface area (Å²) in [7, 11) is -3.27. The van der Waals surface area contributed by atoms with E-state index in [0.717, 1.165) is 41.8 Å². The summed E-state index contributed by atoms with van der Waals surface area (Å²) in [6, 6.07) is 19.5. The number of carbonyl (C=O) groups is 1. The van der Waals surface area contributed by atoms with Gasteiger partial charge in [0.1, 0.15) is 0 Å². The third kappa shape index (κ3) is 6.20. The molecule has 5 nitrogen and oxygen atoms in total. The molecule has 202 valence electrons. The normalized spacial score (nSPS) is 18.0. The van der Waals surface area contributed by atoms with Gasteiger partial charge < -0.3 is 10.2 Å². The number of nitrogens with one attached hydrogen (secondary N) is 1. The van der Waals surface area contributed by atoms with Gasteiger partial charge in [-0.15, -0.1) is 0 Å². The molecule has 3 aromatic carbocycles. The molecule has 9 heteroatoms. The SMILES string of the molecule is CC[C@@H]1CC(c2ccc(C(F)(F)F)cc2)CN1c1ccc(C(=O)NCc2ccc(S(=O)(=O)CC)cc2)cc1. The van der Waals surface area contributed by atoms with Gasteiger partial charge in [0, 0.05) is 36.3 Å². The maximum Gasteiger partial charge on any atom is 0.416 e. The van der Waals surface area contributed by atoms with E-state index in [1.54, 1.807) is 55.5 Å². The van der Waals surface area contributed by atoms with Crippen LogP contribution in [0.25, 0.3) is 0 Å². The molecule has 4 rings (SSSR count). The maximum absolute atomic E-state index is 12.9. The Hall–Kier alpha value is -3.33. The van der Waals surface area contributed by atoms with Gasteiger partial charge in [0.25, 0.3) is 5.91 Å². The standard InChI is InChI=1S/C29H31F3N2O3S/c1-3-25-17-23(21-7-11-24(12-8-21)29(30,31)32)19-34(25)26-13-9-22(10-14-26)28(35)33-18-20-5-15-27(16-6-20)38(36,37)4-2/h5-16,23,25H,3-4,17-19H2,1-2H3,(H,33,35)/t23?,25-/m1/s1. The number of amides is 1. The van der Waals surface area contributed by atoms with Crippen molar-refractivity contribution in [1.29, 1.82) is 0 Å². The Bertz CT molecular complexity index is 1350. The molecule has 0 aliphatic carbocycles. The summed E-state index contributed by atoms with van der Waals surface area (Å²) in [6.07, 6.45) is -2.59. The smallest absolute Gasteiger partial charge is 0.368 e.